The van der Waals surface area contributed by atoms with E-state index in [2.05, 4.69) is 33.2 Å². The van der Waals surface area contributed by atoms with Crippen LogP contribution in [-0.4, -0.2) is 11.5 Å². The Morgan fingerprint density at radius 3 is 2.79 bits per heavy atom. The molecule has 0 atom stereocenters. The SMILES string of the molecule is CCCCCCNc1ccc(Br)nc1. The highest BCUT2D eigenvalue weighted by molar-refractivity contribution is 9.10. The average Bonchev–Trinajstić information content (AvgIpc) is 2.21. The minimum atomic E-state index is 0.883. The quantitative estimate of drug-likeness (QED) is 0.618. The van der Waals surface area contributed by atoms with Gasteiger partial charge in [-0.05, 0) is 34.5 Å². The third-order valence-electron chi connectivity index (χ3n) is 2.09. The monoisotopic (exact) mass is 256 g/mol. The van der Waals surface area contributed by atoms with Crippen LogP contribution < -0.4 is 5.32 Å². The predicted octanol–water partition coefficient (Wildman–Crippen LogP) is 3.84. The van der Waals surface area contributed by atoms with E-state index in [9.17, 15) is 0 Å². The van der Waals surface area contributed by atoms with Gasteiger partial charge in [-0.1, -0.05) is 26.2 Å². The fourth-order valence-corrected chi connectivity index (χ4v) is 1.50. The van der Waals surface area contributed by atoms with Crippen molar-refractivity contribution in [1.82, 2.24) is 4.98 Å². The second kappa shape index (κ2) is 6.82. The van der Waals surface area contributed by atoms with Crippen LogP contribution in [0.4, 0.5) is 5.69 Å². The first-order chi connectivity index (χ1) is 6.83. The Kier molecular flexibility index (Phi) is 5.60. The molecule has 1 aromatic heterocycles. The Balaban J connectivity index is 2.15. The molecular weight excluding hydrogens is 240 g/mol. The van der Waals surface area contributed by atoms with Gasteiger partial charge < -0.3 is 5.32 Å². The third-order valence-corrected chi connectivity index (χ3v) is 2.56. The summed E-state index contributed by atoms with van der Waals surface area (Å²) in [6, 6.07) is 3.99. The Morgan fingerprint density at radius 2 is 2.14 bits per heavy atom. The molecule has 0 saturated heterocycles. The van der Waals surface area contributed by atoms with Crippen molar-refractivity contribution in [3.05, 3.63) is 22.9 Å². The zero-order valence-corrected chi connectivity index (χ0v) is 10.2. The molecule has 0 aliphatic rings. The minimum Gasteiger partial charge on any atom is -0.384 e. The number of unbranched alkanes of at least 4 members (excludes halogenated alkanes) is 3. The zero-order chi connectivity index (χ0) is 10.2. The fourth-order valence-electron chi connectivity index (χ4n) is 1.26. The van der Waals surface area contributed by atoms with Crippen molar-refractivity contribution in [2.75, 3.05) is 11.9 Å². The van der Waals surface area contributed by atoms with Crippen molar-refractivity contribution in [2.45, 2.75) is 32.6 Å². The molecule has 0 amide bonds. The van der Waals surface area contributed by atoms with Crippen LogP contribution in [0.3, 0.4) is 0 Å². The average molecular weight is 257 g/mol. The molecule has 0 radical (unpaired) electrons. The molecule has 0 bridgehead atoms. The van der Waals surface area contributed by atoms with Crippen LogP contribution in [0.2, 0.25) is 0 Å². The first-order valence-electron chi connectivity index (χ1n) is 5.18. The van der Waals surface area contributed by atoms with Crippen LogP contribution in [0.1, 0.15) is 32.6 Å². The maximum absolute atomic E-state index is 4.15. The summed E-state index contributed by atoms with van der Waals surface area (Å²) in [5.41, 5.74) is 1.10. The number of halogens is 1. The molecule has 14 heavy (non-hydrogen) atoms. The summed E-state index contributed by atoms with van der Waals surface area (Å²) in [7, 11) is 0. The van der Waals surface area contributed by atoms with E-state index in [0.717, 1.165) is 16.8 Å². The maximum Gasteiger partial charge on any atom is 0.106 e. The molecule has 0 saturated carbocycles. The molecule has 0 aromatic carbocycles. The van der Waals surface area contributed by atoms with Crippen LogP contribution in [0, 0.1) is 0 Å². The van der Waals surface area contributed by atoms with Gasteiger partial charge in [0.2, 0.25) is 0 Å². The Bertz CT molecular complexity index is 246. The summed E-state index contributed by atoms with van der Waals surface area (Å²) in [5.74, 6) is 0. The summed E-state index contributed by atoms with van der Waals surface area (Å²) in [6.45, 7) is 3.27. The number of nitrogens with one attached hydrogen (secondary N) is 1. The Labute approximate surface area is 94.3 Å². The first-order valence-corrected chi connectivity index (χ1v) is 5.97. The number of rotatable bonds is 6. The molecule has 1 aromatic rings. The largest absolute Gasteiger partial charge is 0.384 e. The number of aromatic nitrogens is 1. The van der Waals surface area contributed by atoms with Crippen molar-refractivity contribution < 1.29 is 0 Å². The highest BCUT2D eigenvalue weighted by Crippen LogP contribution is 2.10. The van der Waals surface area contributed by atoms with E-state index in [1.54, 1.807) is 0 Å². The van der Waals surface area contributed by atoms with E-state index in [0.29, 0.717) is 0 Å². The maximum atomic E-state index is 4.15. The second-order valence-corrected chi connectivity index (χ2v) is 4.17. The van der Waals surface area contributed by atoms with Gasteiger partial charge in [0.15, 0.2) is 0 Å². The first kappa shape index (κ1) is 11.5. The highest BCUT2D eigenvalue weighted by atomic mass is 79.9. The molecule has 0 unspecified atom stereocenters. The summed E-state index contributed by atoms with van der Waals surface area (Å²) in [4.78, 5) is 4.15. The molecule has 0 aliphatic heterocycles. The van der Waals surface area contributed by atoms with Gasteiger partial charge in [-0.25, -0.2) is 4.98 Å². The van der Waals surface area contributed by atoms with Gasteiger partial charge >= 0.3 is 0 Å². The Hall–Kier alpha value is -0.570. The van der Waals surface area contributed by atoms with Crippen molar-refractivity contribution in [2.24, 2.45) is 0 Å². The number of nitrogens with zero attached hydrogens (tertiary/aromatic N) is 1. The standard InChI is InChI=1S/C11H17BrN2/c1-2-3-4-5-8-13-10-6-7-11(12)14-9-10/h6-7,9,13H,2-5,8H2,1H3. The third kappa shape index (κ3) is 4.61. The topological polar surface area (TPSA) is 24.9 Å². The smallest absolute Gasteiger partial charge is 0.106 e. The van der Waals surface area contributed by atoms with Gasteiger partial charge in [-0.2, -0.15) is 0 Å². The molecule has 2 nitrogen and oxygen atoms in total. The molecule has 78 valence electrons. The van der Waals surface area contributed by atoms with Crippen molar-refractivity contribution in [3.8, 4) is 0 Å². The summed E-state index contributed by atoms with van der Waals surface area (Å²) < 4.78 is 0.883. The van der Waals surface area contributed by atoms with E-state index in [4.69, 9.17) is 0 Å². The molecule has 3 heteroatoms. The number of pyridine rings is 1. The molecule has 0 fully saturated rings. The summed E-state index contributed by atoms with van der Waals surface area (Å²) >= 11 is 3.31. The second-order valence-electron chi connectivity index (χ2n) is 3.36. The zero-order valence-electron chi connectivity index (χ0n) is 8.59. The van der Waals surface area contributed by atoms with Crippen molar-refractivity contribution in [1.29, 1.82) is 0 Å². The fraction of sp³-hybridized carbons (Fsp3) is 0.545. The minimum absolute atomic E-state index is 0.883. The molecule has 0 spiro atoms. The molecular formula is C11H17BrN2. The van der Waals surface area contributed by atoms with Crippen LogP contribution in [0.25, 0.3) is 0 Å². The van der Waals surface area contributed by atoms with Gasteiger partial charge in [-0.3, -0.25) is 0 Å². The van der Waals surface area contributed by atoms with Crippen LogP contribution in [0.5, 0.6) is 0 Å². The van der Waals surface area contributed by atoms with E-state index >= 15 is 0 Å². The lowest BCUT2D eigenvalue weighted by Gasteiger charge is -2.05. The van der Waals surface area contributed by atoms with E-state index in [1.165, 1.54) is 25.7 Å². The summed E-state index contributed by atoms with van der Waals surface area (Å²) in [6.07, 6.45) is 7.03. The van der Waals surface area contributed by atoms with Crippen LogP contribution >= 0.6 is 15.9 Å². The predicted molar refractivity (Wildman–Crippen MR) is 64.6 cm³/mol. The lowest BCUT2D eigenvalue weighted by atomic mass is 10.2. The molecule has 1 heterocycles. The van der Waals surface area contributed by atoms with E-state index < -0.39 is 0 Å². The van der Waals surface area contributed by atoms with Gasteiger partial charge in [0.25, 0.3) is 0 Å². The molecule has 1 rings (SSSR count). The van der Waals surface area contributed by atoms with Crippen molar-refractivity contribution in [3.63, 3.8) is 0 Å². The van der Waals surface area contributed by atoms with Gasteiger partial charge in [0.05, 0.1) is 11.9 Å². The van der Waals surface area contributed by atoms with E-state index in [1.807, 2.05) is 18.3 Å². The van der Waals surface area contributed by atoms with Crippen molar-refractivity contribution >= 4 is 21.6 Å². The molecule has 0 aliphatic carbocycles. The van der Waals surface area contributed by atoms with E-state index in [-0.39, 0.29) is 0 Å². The van der Waals surface area contributed by atoms with Crippen LogP contribution in [0.15, 0.2) is 22.9 Å². The lowest BCUT2D eigenvalue weighted by Crippen LogP contribution is -2.01. The molecule has 1 N–H and O–H groups in total. The van der Waals surface area contributed by atoms with Crippen LogP contribution in [-0.2, 0) is 0 Å². The Morgan fingerprint density at radius 1 is 1.29 bits per heavy atom. The number of hydrogen-bond acceptors (Lipinski definition) is 2. The number of anilines is 1. The number of hydrogen-bond donors (Lipinski definition) is 1. The summed E-state index contributed by atoms with van der Waals surface area (Å²) in [5, 5.41) is 3.35. The lowest BCUT2D eigenvalue weighted by molar-refractivity contribution is 0.685. The normalized spacial score (nSPS) is 10.1. The van der Waals surface area contributed by atoms with Gasteiger partial charge in [0.1, 0.15) is 4.60 Å². The van der Waals surface area contributed by atoms with Gasteiger partial charge in [0, 0.05) is 6.54 Å². The van der Waals surface area contributed by atoms with Gasteiger partial charge in [-0.15, -0.1) is 0 Å². The highest BCUT2D eigenvalue weighted by Gasteiger charge is 1.92.